The summed E-state index contributed by atoms with van der Waals surface area (Å²) in [4.78, 5) is 2.20. The number of hydrogen-bond donors (Lipinski definition) is 1. The second-order valence-corrected chi connectivity index (χ2v) is 17.4. The minimum absolute atomic E-state index is 0.185. The van der Waals surface area contributed by atoms with E-state index in [0.29, 0.717) is 5.75 Å². The van der Waals surface area contributed by atoms with Crippen LogP contribution in [0, 0.1) is 0 Å². The Morgan fingerprint density at radius 3 is 2.31 bits per heavy atom. The lowest BCUT2D eigenvalue weighted by Gasteiger charge is -2.28. The fourth-order valence-corrected chi connectivity index (χ4v) is 9.29. The van der Waals surface area contributed by atoms with Crippen LogP contribution < -0.4 is 9.64 Å². The van der Waals surface area contributed by atoms with Gasteiger partial charge in [0.15, 0.2) is 5.71 Å². The van der Waals surface area contributed by atoms with Crippen molar-refractivity contribution < 1.29 is 27.4 Å². The first-order valence-corrected chi connectivity index (χ1v) is 20.9. The van der Waals surface area contributed by atoms with Gasteiger partial charge in [0.05, 0.1) is 10.3 Å². The molecule has 0 saturated carbocycles. The van der Waals surface area contributed by atoms with Gasteiger partial charge in [0.1, 0.15) is 28.7 Å². The van der Waals surface area contributed by atoms with Gasteiger partial charge < -0.3 is 19.3 Å². The highest BCUT2D eigenvalue weighted by molar-refractivity contribution is 7.85. The number of hydrogen-bond acceptors (Lipinski definition) is 6. The Bertz CT molecular complexity index is 2380. The number of anilines is 1. The van der Waals surface area contributed by atoms with Crippen molar-refractivity contribution in [3.63, 3.8) is 0 Å². The molecular weight excluding hydrogens is 705 g/mol. The molecular formula is C47H52N2O5S. The lowest BCUT2D eigenvalue weighted by molar-refractivity contribution is -0.401. The summed E-state index contributed by atoms with van der Waals surface area (Å²) in [5, 5.41) is 11.9. The third-order valence-electron chi connectivity index (χ3n) is 11.7. The van der Waals surface area contributed by atoms with Crippen molar-refractivity contribution in [2.75, 3.05) is 25.1 Å². The maximum Gasteiger partial charge on any atom is 0.209 e. The van der Waals surface area contributed by atoms with E-state index in [9.17, 15) is 18.1 Å². The molecule has 2 aliphatic heterocycles. The zero-order valence-corrected chi connectivity index (χ0v) is 33.5. The number of nitrogens with zero attached hydrogens (tertiary/aromatic N) is 2. The molecule has 4 aromatic rings. The average molecular weight is 757 g/mol. The maximum atomic E-state index is 11.7. The van der Waals surface area contributed by atoms with Crippen LogP contribution in [0.1, 0.15) is 83.8 Å². The summed E-state index contributed by atoms with van der Waals surface area (Å²) >= 11 is 0. The number of allylic oxidation sites excluding steroid dienone is 7. The van der Waals surface area contributed by atoms with Crippen LogP contribution >= 0.6 is 0 Å². The van der Waals surface area contributed by atoms with E-state index >= 15 is 0 Å². The Kier molecular flexibility index (Phi) is 10.8. The van der Waals surface area contributed by atoms with Crippen molar-refractivity contribution in [2.24, 2.45) is 0 Å². The lowest BCUT2D eigenvalue weighted by Crippen LogP contribution is -2.27. The third-order valence-corrected chi connectivity index (χ3v) is 12.5. The van der Waals surface area contributed by atoms with Crippen LogP contribution in [0.2, 0.25) is 0 Å². The maximum absolute atomic E-state index is 11.7. The summed E-state index contributed by atoms with van der Waals surface area (Å²) in [7, 11) is -2.47. The van der Waals surface area contributed by atoms with Crippen molar-refractivity contribution in [3.8, 4) is 5.75 Å². The second kappa shape index (κ2) is 15.4. The van der Waals surface area contributed by atoms with Crippen LogP contribution in [0.3, 0.4) is 0 Å². The average Bonchev–Trinajstić information content (AvgIpc) is 3.50. The molecule has 286 valence electrons. The summed E-state index contributed by atoms with van der Waals surface area (Å²) in [5.41, 5.74) is 9.14. The van der Waals surface area contributed by atoms with Gasteiger partial charge in [-0.2, -0.15) is 4.58 Å². The van der Waals surface area contributed by atoms with Gasteiger partial charge in [0.25, 0.3) is 0 Å². The van der Waals surface area contributed by atoms with Gasteiger partial charge in [-0.05, 0) is 116 Å². The highest BCUT2D eigenvalue weighted by Gasteiger charge is 2.43. The fraction of sp³-hybridized carbons (Fsp3) is 0.340. The molecule has 3 aliphatic rings. The molecule has 0 fully saturated rings. The molecule has 7 nitrogen and oxygen atoms in total. The van der Waals surface area contributed by atoms with Crippen molar-refractivity contribution in [1.29, 1.82) is 0 Å². The first-order valence-electron chi connectivity index (χ1n) is 19.5. The van der Waals surface area contributed by atoms with E-state index < -0.39 is 10.1 Å². The minimum Gasteiger partial charge on any atom is -0.744 e. The highest BCUT2D eigenvalue weighted by atomic mass is 32.2. The van der Waals surface area contributed by atoms with E-state index in [1.54, 1.807) is 12.1 Å². The molecule has 0 spiro atoms. The SMILES string of the molecule is C[N+]1=C(/C=C/C2=C(Oc3ccc(S(=O)(=O)[O-])cc3)C(=C/C=C3/N(CCCCCCO)c4ccc5ccccc5c4C3(C)C)/CCC2)C(C)(C)c2ccccc21. The number of unbranched alkanes of at least 4 members (excludes halogenated alkanes) is 3. The molecule has 0 amide bonds. The molecule has 1 aliphatic carbocycles. The summed E-state index contributed by atoms with van der Waals surface area (Å²) in [6, 6.07) is 27.4. The number of ether oxygens (including phenoxy) is 1. The standard InChI is InChI=1S/C47H52N2O5S/c1-46(2)39-19-10-11-20-40(39)48(5)42(46)29-22-34-16-14-17-35(45(34)54-36-24-26-37(27-25-36)55(51,52)53)23-30-43-47(3,4)44-38-18-9-8-15-33(38)21-28-41(44)49(43)31-12-6-7-13-32-50/h8-11,15,18-30,50H,6-7,12-14,16-17,31-32H2,1-5H3. The number of fused-ring (bicyclic) bond motifs is 4. The molecule has 4 aromatic carbocycles. The molecule has 0 atom stereocenters. The number of rotatable bonds is 12. The molecule has 0 radical (unpaired) electrons. The predicted octanol–water partition coefficient (Wildman–Crippen LogP) is 9.98. The monoisotopic (exact) mass is 756 g/mol. The van der Waals surface area contributed by atoms with Crippen LogP contribution in [0.15, 0.2) is 137 Å². The second-order valence-electron chi connectivity index (χ2n) is 16.0. The lowest BCUT2D eigenvalue weighted by atomic mass is 9.80. The van der Waals surface area contributed by atoms with Gasteiger partial charge in [-0.1, -0.05) is 81.3 Å². The molecule has 1 N–H and O–H groups in total. The molecule has 8 heteroatoms. The zero-order chi connectivity index (χ0) is 39.0. The number of benzene rings is 4. The summed E-state index contributed by atoms with van der Waals surface area (Å²) < 4.78 is 44.1. The van der Waals surface area contributed by atoms with Crippen molar-refractivity contribution in [2.45, 2.75) is 88.4 Å². The van der Waals surface area contributed by atoms with Crippen LogP contribution in [0.5, 0.6) is 5.75 Å². The molecule has 55 heavy (non-hydrogen) atoms. The Labute approximate surface area is 326 Å². The number of para-hydroxylation sites is 1. The third kappa shape index (κ3) is 7.48. The van der Waals surface area contributed by atoms with E-state index in [-0.39, 0.29) is 22.3 Å². The molecule has 0 aromatic heterocycles. The van der Waals surface area contributed by atoms with Gasteiger partial charge >= 0.3 is 0 Å². The van der Waals surface area contributed by atoms with Crippen LogP contribution in [0.25, 0.3) is 10.8 Å². The summed E-state index contributed by atoms with van der Waals surface area (Å²) in [6.07, 6.45) is 15.4. The van der Waals surface area contributed by atoms with Gasteiger partial charge in [-0.15, -0.1) is 0 Å². The van der Waals surface area contributed by atoms with E-state index in [0.717, 1.165) is 68.4 Å². The minimum atomic E-state index is -4.58. The molecule has 0 bridgehead atoms. The van der Waals surface area contributed by atoms with Crippen molar-refractivity contribution in [1.82, 2.24) is 0 Å². The predicted molar refractivity (Wildman–Crippen MR) is 221 cm³/mol. The summed E-state index contributed by atoms with van der Waals surface area (Å²) in [5.74, 6) is 1.22. The fourth-order valence-electron chi connectivity index (χ4n) is 8.82. The number of aliphatic hydroxyl groups excluding tert-OH is 1. The highest BCUT2D eigenvalue weighted by Crippen LogP contribution is 2.51. The Balaban J connectivity index is 1.31. The van der Waals surface area contributed by atoms with E-state index in [1.807, 2.05) is 0 Å². The van der Waals surface area contributed by atoms with Crippen LogP contribution in [-0.2, 0) is 20.9 Å². The smallest absolute Gasteiger partial charge is 0.209 e. The normalized spacial score (nSPS) is 19.3. The van der Waals surface area contributed by atoms with Gasteiger partial charge in [-0.3, -0.25) is 0 Å². The largest absolute Gasteiger partial charge is 0.744 e. The topological polar surface area (TPSA) is 92.9 Å². The van der Waals surface area contributed by atoms with Crippen LogP contribution in [-0.4, -0.2) is 48.6 Å². The van der Waals surface area contributed by atoms with Crippen LogP contribution in [0.4, 0.5) is 11.4 Å². The Morgan fingerprint density at radius 2 is 1.56 bits per heavy atom. The zero-order valence-electron chi connectivity index (χ0n) is 32.6. The van der Waals surface area contributed by atoms with E-state index in [2.05, 4.69) is 129 Å². The van der Waals surface area contributed by atoms with Crippen molar-refractivity contribution >= 4 is 38.0 Å². The van der Waals surface area contributed by atoms with E-state index in [1.165, 1.54) is 56.8 Å². The van der Waals surface area contributed by atoms with E-state index in [4.69, 9.17) is 4.74 Å². The number of aliphatic hydroxyl groups is 1. The Morgan fingerprint density at radius 1 is 0.836 bits per heavy atom. The first-order chi connectivity index (χ1) is 26.3. The molecule has 0 unspecified atom stereocenters. The van der Waals surface area contributed by atoms with Gasteiger partial charge in [0, 0.05) is 47.7 Å². The Hall–Kier alpha value is -4.76. The first kappa shape index (κ1) is 38.5. The van der Waals surface area contributed by atoms with Gasteiger partial charge in [-0.25, -0.2) is 8.42 Å². The summed E-state index contributed by atoms with van der Waals surface area (Å²) in [6.45, 7) is 10.3. The van der Waals surface area contributed by atoms with Gasteiger partial charge in [0.2, 0.25) is 5.69 Å². The molecule has 7 rings (SSSR count). The quantitative estimate of drug-likeness (QED) is 0.0879. The van der Waals surface area contributed by atoms with Crippen molar-refractivity contribution in [3.05, 3.63) is 143 Å². The molecule has 2 heterocycles. The molecule has 0 saturated heterocycles.